The first-order valence-corrected chi connectivity index (χ1v) is 8.75. The standard InChI is InChI=1S/C16H22N4OS.ClH/c1-2-17-11-12-5-7-20(8-6-12)16(21)14-10-13(18-19-14)15-4-3-9-22-15;/h3-4,9-10,12,17H,2,5-8,11H2,1H3,(H,18,19);1H. The van der Waals surface area contributed by atoms with Crippen LogP contribution in [0.4, 0.5) is 0 Å². The lowest BCUT2D eigenvalue weighted by atomic mass is 9.96. The minimum absolute atomic E-state index is 0. The first-order chi connectivity index (χ1) is 10.8. The molecular weight excluding hydrogens is 332 g/mol. The number of carbonyl (C=O) groups is 1. The van der Waals surface area contributed by atoms with E-state index < -0.39 is 0 Å². The average molecular weight is 355 g/mol. The molecule has 2 aromatic rings. The molecule has 7 heteroatoms. The summed E-state index contributed by atoms with van der Waals surface area (Å²) in [5, 5.41) is 12.6. The zero-order chi connectivity index (χ0) is 15.4. The predicted octanol–water partition coefficient (Wildman–Crippen LogP) is 3.02. The Morgan fingerprint density at radius 3 is 2.91 bits per heavy atom. The van der Waals surface area contributed by atoms with Crippen molar-refractivity contribution in [2.45, 2.75) is 19.8 Å². The van der Waals surface area contributed by atoms with Crippen molar-refractivity contribution in [3.05, 3.63) is 29.3 Å². The van der Waals surface area contributed by atoms with E-state index in [1.165, 1.54) is 0 Å². The summed E-state index contributed by atoms with van der Waals surface area (Å²) in [5.74, 6) is 0.728. The molecule has 0 saturated carbocycles. The Bertz CT molecular complexity index is 605. The van der Waals surface area contributed by atoms with Crippen molar-refractivity contribution in [1.29, 1.82) is 0 Å². The molecule has 1 fully saturated rings. The van der Waals surface area contributed by atoms with E-state index >= 15 is 0 Å². The summed E-state index contributed by atoms with van der Waals surface area (Å²) in [5.41, 5.74) is 1.44. The van der Waals surface area contributed by atoms with Crippen LogP contribution in [0.15, 0.2) is 23.6 Å². The second-order valence-corrected chi connectivity index (χ2v) is 6.64. The summed E-state index contributed by atoms with van der Waals surface area (Å²) >= 11 is 1.64. The first-order valence-electron chi connectivity index (χ1n) is 7.87. The van der Waals surface area contributed by atoms with E-state index in [1.54, 1.807) is 11.3 Å². The fraction of sp³-hybridized carbons (Fsp3) is 0.500. The number of carbonyl (C=O) groups excluding carboxylic acids is 1. The molecule has 2 N–H and O–H groups in total. The number of nitrogens with one attached hydrogen (secondary N) is 2. The molecule has 3 heterocycles. The van der Waals surface area contributed by atoms with Crippen LogP contribution in [0.25, 0.3) is 10.6 Å². The summed E-state index contributed by atoms with van der Waals surface area (Å²) in [6.45, 7) is 5.86. The van der Waals surface area contributed by atoms with Gasteiger partial charge in [-0.05, 0) is 49.4 Å². The Morgan fingerprint density at radius 2 is 2.26 bits per heavy atom. The predicted molar refractivity (Wildman–Crippen MR) is 96.3 cm³/mol. The molecule has 1 aliphatic rings. The molecule has 0 atom stereocenters. The van der Waals surface area contributed by atoms with E-state index in [0.29, 0.717) is 11.6 Å². The van der Waals surface area contributed by atoms with Gasteiger partial charge in [-0.1, -0.05) is 13.0 Å². The number of piperidine rings is 1. The van der Waals surface area contributed by atoms with Crippen molar-refractivity contribution < 1.29 is 4.79 Å². The maximum atomic E-state index is 12.5. The van der Waals surface area contributed by atoms with Crippen LogP contribution >= 0.6 is 23.7 Å². The molecular formula is C16H23ClN4OS. The minimum atomic E-state index is 0. The van der Waals surface area contributed by atoms with Crippen molar-refractivity contribution in [1.82, 2.24) is 20.4 Å². The fourth-order valence-electron chi connectivity index (χ4n) is 2.84. The third-order valence-electron chi connectivity index (χ3n) is 4.17. The third-order valence-corrected chi connectivity index (χ3v) is 5.07. The normalized spacial score (nSPS) is 15.4. The highest BCUT2D eigenvalue weighted by molar-refractivity contribution is 7.13. The Morgan fingerprint density at radius 1 is 1.48 bits per heavy atom. The number of amides is 1. The Kier molecular flexibility index (Phi) is 6.62. The lowest BCUT2D eigenvalue weighted by molar-refractivity contribution is 0.0684. The van der Waals surface area contributed by atoms with E-state index in [0.717, 1.165) is 49.6 Å². The molecule has 1 amide bonds. The highest BCUT2D eigenvalue weighted by Crippen LogP contribution is 2.24. The van der Waals surface area contributed by atoms with Crippen LogP contribution < -0.4 is 5.32 Å². The zero-order valence-corrected chi connectivity index (χ0v) is 14.9. The molecule has 0 aliphatic carbocycles. The average Bonchev–Trinajstić information content (AvgIpc) is 3.23. The van der Waals surface area contributed by atoms with Crippen molar-refractivity contribution in [2.24, 2.45) is 5.92 Å². The van der Waals surface area contributed by atoms with E-state index in [4.69, 9.17) is 0 Å². The Balaban J connectivity index is 0.00000192. The van der Waals surface area contributed by atoms with Crippen molar-refractivity contribution in [3.63, 3.8) is 0 Å². The van der Waals surface area contributed by atoms with Gasteiger partial charge in [0.1, 0.15) is 0 Å². The van der Waals surface area contributed by atoms with Crippen LogP contribution in [0, 0.1) is 5.92 Å². The largest absolute Gasteiger partial charge is 0.337 e. The maximum Gasteiger partial charge on any atom is 0.274 e. The van der Waals surface area contributed by atoms with Gasteiger partial charge < -0.3 is 10.2 Å². The van der Waals surface area contributed by atoms with Crippen molar-refractivity contribution >= 4 is 29.7 Å². The molecule has 0 unspecified atom stereocenters. The molecule has 2 aromatic heterocycles. The molecule has 0 radical (unpaired) electrons. The van der Waals surface area contributed by atoms with Gasteiger partial charge in [-0.15, -0.1) is 23.7 Å². The summed E-state index contributed by atoms with van der Waals surface area (Å²) in [4.78, 5) is 15.6. The lowest BCUT2D eigenvalue weighted by Gasteiger charge is -2.31. The highest BCUT2D eigenvalue weighted by atomic mass is 35.5. The summed E-state index contributed by atoms with van der Waals surface area (Å²) < 4.78 is 0. The number of halogens is 1. The summed E-state index contributed by atoms with van der Waals surface area (Å²) in [6, 6.07) is 5.88. The number of H-pyrrole nitrogens is 1. The maximum absolute atomic E-state index is 12.5. The van der Waals surface area contributed by atoms with Gasteiger partial charge in [0.05, 0.1) is 10.6 Å². The number of likely N-dealkylation sites (tertiary alicyclic amines) is 1. The van der Waals surface area contributed by atoms with Gasteiger partial charge in [0.2, 0.25) is 0 Å². The van der Waals surface area contributed by atoms with Gasteiger partial charge in [0.15, 0.2) is 5.69 Å². The number of aromatic amines is 1. The van der Waals surface area contributed by atoms with Gasteiger partial charge in [0.25, 0.3) is 5.91 Å². The summed E-state index contributed by atoms with van der Waals surface area (Å²) in [7, 11) is 0. The first kappa shape index (κ1) is 18.0. The van der Waals surface area contributed by atoms with E-state index in [-0.39, 0.29) is 18.3 Å². The lowest BCUT2D eigenvalue weighted by Crippen LogP contribution is -2.40. The van der Waals surface area contributed by atoms with Gasteiger partial charge in [0, 0.05) is 13.1 Å². The highest BCUT2D eigenvalue weighted by Gasteiger charge is 2.25. The van der Waals surface area contributed by atoms with Crippen LogP contribution in [-0.2, 0) is 0 Å². The number of hydrogen-bond acceptors (Lipinski definition) is 4. The van der Waals surface area contributed by atoms with Crippen molar-refractivity contribution in [2.75, 3.05) is 26.2 Å². The van der Waals surface area contributed by atoms with Crippen LogP contribution in [0.5, 0.6) is 0 Å². The van der Waals surface area contributed by atoms with E-state index in [2.05, 4.69) is 22.4 Å². The number of nitrogens with zero attached hydrogens (tertiary/aromatic N) is 2. The Labute approximate surface area is 146 Å². The molecule has 126 valence electrons. The topological polar surface area (TPSA) is 61.0 Å². The van der Waals surface area contributed by atoms with Gasteiger partial charge in [-0.3, -0.25) is 9.89 Å². The minimum Gasteiger partial charge on any atom is -0.337 e. The fourth-order valence-corrected chi connectivity index (χ4v) is 3.53. The van der Waals surface area contributed by atoms with Crippen molar-refractivity contribution in [3.8, 4) is 10.6 Å². The van der Waals surface area contributed by atoms with Crippen LogP contribution in [0.3, 0.4) is 0 Å². The smallest absolute Gasteiger partial charge is 0.274 e. The van der Waals surface area contributed by atoms with Gasteiger partial charge in [-0.2, -0.15) is 5.10 Å². The monoisotopic (exact) mass is 354 g/mol. The molecule has 1 saturated heterocycles. The van der Waals surface area contributed by atoms with Crippen LogP contribution in [0.2, 0.25) is 0 Å². The zero-order valence-electron chi connectivity index (χ0n) is 13.2. The molecule has 0 bridgehead atoms. The second-order valence-electron chi connectivity index (χ2n) is 5.69. The molecule has 1 aliphatic heterocycles. The van der Waals surface area contributed by atoms with E-state index in [9.17, 15) is 4.79 Å². The number of aromatic nitrogens is 2. The number of thiophene rings is 1. The van der Waals surface area contributed by atoms with Gasteiger partial charge in [-0.25, -0.2) is 0 Å². The number of rotatable bonds is 5. The second kappa shape index (κ2) is 8.47. The van der Waals surface area contributed by atoms with Gasteiger partial charge >= 0.3 is 0 Å². The third kappa shape index (κ3) is 4.34. The molecule has 0 aromatic carbocycles. The molecule has 3 rings (SSSR count). The van der Waals surface area contributed by atoms with E-state index in [1.807, 2.05) is 28.5 Å². The molecule has 5 nitrogen and oxygen atoms in total. The quantitative estimate of drug-likeness (QED) is 0.867. The molecule has 0 spiro atoms. The van der Waals surface area contributed by atoms with Crippen LogP contribution in [0.1, 0.15) is 30.3 Å². The van der Waals surface area contributed by atoms with Crippen LogP contribution in [-0.4, -0.2) is 47.2 Å². The number of hydrogen-bond donors (Lipinski definition) is 2. The summed E-state index contributed by atoms with van der Waals surface area (Å²) in [6.07, 6.45) is 2.14. The molecule has 23 heavy (non-hydrogen) atoms. The Hall–Kier alpha value is -1.37. The SMILES string of the molecule is CCNCC1CCN(C(=O)c2cc(-c3cccs3)[nH]n2)CC1.Cl.